The quantitative estimate of drug-likeness (QED) is 0.637. The average molecular weight is 413 g/mol. The monoisotopic (exact) mass is 413 g/mol. The molecule has 0 amide bonds. The lowest BCUT2D eigenvalue weighted by molar-refractivity contribution is 0.216. The van der Waals surface area contributed by atoms with Gasteiger partial charge in [-0.05, 0) is 44.0 Å². The highest BCUT2D eigenvalue weighted by Crippen LogP contribution is 2.35. The van der Waals surface area contributed by atoms with Crippen molar-refractivity contribution in [1.82, 2.24) is 14.4 Å². The van der Waals surface area contributed by atoms with Gasteiger partial charge in [0.05, 0.1) is 23.5 Å². The molecule has 1 aliphatic rings. The fourth-order valence-corrected chi connectivity index (χ4v) is 5.78. The average Bonchev–Trinajstić information content (AvgIpc) is 3.08. The Balaban J connectivity index is 1.53. The van der Waals surface area contributed by atoms with Crippen LogP contribution in [0.15, 0.2) is 45.8 Å². The molecule has 0 atom stereocenters. The Morgan fingerprint density at radius 2 is 1.76 bits per heavy atom. The second kappa shape index (κ2) is 7.27. The summed E-state index contributed by atoms with van der Waals surface area (Å²) < 4.78 is 38.4. The Bertz CT molecular complexity index is 1140. The van der Waals surface area contributed by atoms with Crippen molar-refractivity contribution >= 4 is 10.0 Å². The minimum Gasteiger partial charge on any atom is -0.496 e. The van der Waals surface area contributed by atoms with Gasteiger partial charge in [-0.3, -0.25) is 0 Å². The van der Waals surface area contributed by atoms with E-state index in [2.05, 4.69) is 10.1 Å². The number of hydrogen-bond acceptors (Lipinski definition) is 6. The summed E-state index contributed by atoms with van der Waals surface area (Å²) in [4.78, 5) is 4.86. The van der Waals surface area contributed by atoms with E-state index in [1.54, 1.807) is 7.11 Å². The van der Waals surface area contributed by atoms with Crippen LogP contribution < -0.4 is 4.74 Å². The molecule has 1 aliphatic heterocycles. The van der Waals surface area contributed by atoms with Crippen molar-refractivity contribution in [3.63, 3.8) is 0 Å². The zero-order valence-corrected chi connectivity index (χ0v) is 17.7. The second-order valence-corrected chi connectivity index (χ2v) is 9.28. The van der Waals surface area contributed by atoms with Crippen LogP contribution in [0.1, 0.15) is 28.5 Å². The van der Waals surface area contributed by atoms with Crippen molar-refractivity contribution in [1.29, 1.82) is 0 Å². The van der Waals surface area contributed by atoms with E-state index < -0.39 is 10.0 Å². The molecule has 152 valence electrons. The number of methoxy groups -OCH3 is 1. The van der Waals surface area contributed by atoms with E-state index in [9.17, 15) is 8.42 Å². The highest BCUT2D eigenvalue weighted by atomic mass is 32.2. The highest BCUT2D eigenvalue weighted by Gasteiger charge is 2.41. The molecule has 1 aromatic heterocycles. The number of rotatable bonds is 5. The molecule has 8 heteroatoms. The molecule has 0 unspecified atom stereocenters. The SMILES string of the molecule is COc1ccccc1-c1noc(C2CN(S(=O)(=O)c3c(C)cc(C)cc3C)C2)n1. The van der Waals surface area contributed by atoms with E-state index >= 15 is 0 Å². The molecule has 3 aromatic rings. The Morgan fingerprint density at radius 1 is 1.10 bits per heavy atom. The van der Waals surface area contributed by atoms with Crippen LogP contribution in [0.4, 0.5) is 0 Å². The van der Waals surface area contributed by atoms with Crippen LogP contribution in [0, 0.1) is 20.8 Å². The molecule has 0 bridgehead atoms. The molecule has 29 heavy (non-hydrogen) atoms. The molecule has 2 heterocycles. The summed E-state index contributed by atoms with van der Waals surface area (Å²) in [6, 6.07) is 11.2. The summed E-state index contributed by atoms with van der Waals surface area (Å²) in [7, 11) is -1.97. The van der Waals surface area contributed by atoms with Gasteiger partial charge in [0, 0.05) is 13.1 Å². The third-order valence-corrected chi connectivity index (χ3v) is 7.33. The molecular weight excluding hydrogens is 390 g/mol. The Labute approximate surface area is 170 Å². The first-order valence-corrected chi connectivity index (χ1v) is 10.8. The largest absolute Gasteiger partial charge is 0.496 e. The van der Waals surface area contributed by atoms with Gasteiger partial charge in [0.2, 0.25) is 21.7 Å². The molecule has 4 rings (SSSR count). The number of sulfonamides is 1. The number of hydrogen-bond donors (Lipinski definition) is 0. The Morgan fingerprint density at radius 3 is 2.41 bits per heavy atom. The molecule has 0 radical (unpaired) electrons. The van der Waals surface area contributed by atoms with Crippen molar-refractivity contribution < 1.29 is 17.7 Å². The first kappa shape index (κ1) is 19.6. The first-order chi connectivity index (χ1) is 13.8. The number of aromatic nitrogens is 2. The molecule has 7 nitrogen and oxygen atoms in total. The molecule has 1 saturated heterocycles. The summed E-state index contributed by atoms with van der Waals surface area (Å²) in [5, 5.41) is 4.05. The van der Waals surface area contributed by atoms with E-state index in [4.69, 9.17) is 9.26 Å². The van der Waals surface area contributed by atoms with Crippen LogP contribution in [-0.4, -0.2) is 43.1 Å². The zero-order valence-electron chi connectivity index (χ0n) is 16.8. The van der Waals surface area contributed by atoms with Gasteiger partial charge in [0.15, 0.2) is 0 Å². The van der Waals surface area contributed by atoms with Gasteiger partial charge in [-0.2, -0.15) is 9.29 Å². The molecule has 1 fully saturated rings. The number of aryl methyl sites for hydroxylation is 3. The lowest BCUT2D eigenvalue weighted by atomic mass is 10.0. The van der Waals surface area contributed by atoms with Crippen LogP contribution in [0.2, 0.25) is 0 Å². The van der Waals surface area contributed by atoms with Crippen molar-refractivity contribution in [2.24, 2.45) is 0 Å². The predicted molar refractivity (Wildman–Crippen MR) is 108 cm³/mol. The Hall–Kier alpha value is -2.71. The van der Waals surface area contributed by atoms with Crippen LogP contribution in [0.3, 0.4) is 0 Å². The smallest absolute Gasteiger partial charge is 0.243 e. The van der Waals surface area contributed by atoms with E-state index in [0.717, 1.165) is 22.3 Å². The molecule has 2 aromatic carbocycles. The van der Waals surface area contributed by atoms with Gasteiger partial charge in [0.1, 0.15) is 5.75 Å². The maximum Gasteiger partial charge on any atom is 0.243 e. The van der Waals surface area contributed by atoms with Crippen LogP contribution in [0.5, 0.6) is 5.75 Å². The molecule has 0 aliphatic carbocycles. The van der Waals surface area contributed by atoms with Gasteiger partial charge in [0.25, 0.3) is 0 Å². The number of nitrogens with zero attached hydrogens (tertiary/aromatic N) is 3. The van der Waals surface area contributed by atoms with Crippen molar-refractivity contribution in [2.75, 3.05) is 20.2 Å². The standard InChI is InChI=1S/C21H23N3O4S/c1-13-9-14(2)19(15(3)10-13)29(25,26)24-11-16(12-24)21-22-20(23-28-21)17-7-5-6-8-18(17)27-4/h5-10,16H,11-12H2,1-4H3. The number of para-hydroxylation sites is 1. The molecule has 0 N–H and O–H groups in total. The van der Waals surface area contributed by atoms with Crippen molar-refractivity contribution in [3.8, 4) is 17.1 Å². The predicted octanol–water partition coefficient (Wildman–Crippen LogP) is 3.46. The molecule has 0 saturated carbocycles. The van der Waals surface area contributed by atoms with Crippen LogP contribution in [-0.2, 0) is 10.0 Å². The summed E-state index contributed by atoms with van der Waals surface area (Å²) >= 11 is 0. The van der Waals surface area contributed by atoms with Crippen LogP contribution in [0.25, 0.3) is 11.4 Å². The topological polar surface area (TPSA) is 85.5 Å². The number of ether oxygens (including phenoxy) is 1. The minimum absolute atomic E-state index is 0.119. The van der Waals surface area contributed by atoms with Gasteiger partial charge < -0.3 is 9.26 Å². The van der Waals surface area contributed by atoms with E-state index in [-0.39, 0.29) is 5.92 Å². The molecule has 0 spiro atoms. The van der Waals surface area contributed by atoms with E-state index in [1.807, 2.05) is 57.2 Å². The van der Waals surface area contributed by atoms with Gasteiger partial charge in [-0.1, -0.05) is 35.0 Å². The van der Waals surface area contributed by atoms with Gasteiger partial charge >= 0.3 is 0 Å². The molecular formula is C21H23N3O4S. The summed E-state index contributed by atoms with van der Waals surface area (Å²) in [5.41, 5.74) is 3.32. The second-order valence-electron chi connectivity index (χ2n) is 7.40. The fraction of sp³-hybridized carbons (Fsp3) is 0.333. The highest BCUT2D eigenvalue weighted by molar-refractivity contribution is 7.89. The lowest BCUT2D eigenvalue weighted by Crippen LogP contribution is -2.48. The maximum atomic E-state index is 13.1. The van der Waals surface area contributed by atoms with Crippen LogP contribution >= 0.6 is 0 Å². The first-order valence-electron chi connectivity index (χ1n) is 9.36. The third kappa shape index (κ3) is 3.42. The summed E-state index contributed by atoms with van der Waals surface area (Å²) in [6.07, 6.45) is 0. The zero-order chi connectivity index (χ0) is 20.8. The van der Waals surface area contributed by atoms with Gasteiger partial charge in [-0.15, -0.1) is 0 Å². The normalized spacial score (nSPS) is 15.3. The third-order valence-electron chi connectivity index (χ3n) is 5.19. The van der Waals surface area contributed by atoms with Crippen molar-refractivity contribution in [3.05, 3.63) is 59.0 Å². The van der Waals surface area contributed by atoms with E-state index in [1.165, 1.54) is 4.31 Å². The summed E-state index contributed by atoms with van der Waals surface area (Å²) in [6.45, 7) is 6.28. The van der Waals surface area contributed by atoms with Crippen molar-refractivity contribution in [2.45, 2.75) is 31.6 Å². The lowest BCUT2D eigenvalue weighted by Gasteiger charge is -2.36. The minimum atomic E-state index is -3.55. The Kier molecular flexibility index (Phi) is 4.92. The summed E-state index contributed by atoms with van der Waals surface area (Å²) in [5.74, 6) is 1.41. The van der Waals surface area contributed by atoms with E-state index in [0.29, 0.717) is 35.4 Å². The number of benzene rings is 2. The maximum absolute atomic E-state index is 13.1. The van der Waals surface area contributed by atoms with Gasteiger partial charge in [-0.25, -0.2) is 8.42 Å². The fourth-order valence-electron chi connectivity index (χ4n) is 3.83.